The van der Waals surface area contributed by atoms with E-state index in [-0.39, 0.29) is 6.04 Å². The largest absolute Gasteiger partial charge is 0.380 e. The summed E-state index contributed by atoms with van der Waals surface area (Å²) in [5, 5.41) is 0. The first kappa shape index (κ1) is 15.5. The lowest BCUT2D eigenvalue weighted by atomic mass is 9.92. The zero-order valence-electron chi connectivity index (χ0n) is 12.8. The molecule has 1 aromatic rings. The molecule has 0 aliphatic carbocycles. The number of methoxy groups -OCH3 is 1. The van der Waals surface area contributed by atoms with Gasteiger partial charge in [0, 0.05) is 13.2 Å². The van der Waals surface area contributed by atoms with Crippen LogP contribution in [0.25, 0.3) is 0 Å². The number of likely N-dealkylation sites (tertiary alicyclic amines) is 1. The van der Waals surface area contributed by atoms with Gasteiger partial charge >= 0.3 is 0 Å². The van der Waals surface area contributed by atoms with Crippen molar-refractivity contribution in [3.05, 3.63) is 35.4 Å². The molecule has 2 N–H and O–H groups in total. The van der Waals surface area contributed by atoms with Crippen LogP contribution < -0.4 is 5.73 Å². The second kappa shape index (κ2) is 7.77. The highest BCUT2D eigenvalue weighted by molar-refractivity contribution is 5.31. The molecule has 1 aliphatic heterocycles. The first-order valence-corrected chi connectivity index (χ1v) is 7.84. The zero-order valence-corrected chi connectivity index (χ0v) is 12.8. The van der Waals surface area contributed by atoms with E-state index in [0.717, 1.165) is 19.5 Å². The average molecular weight is 276 g/mol. The lowest BCUT2D eigenvalue weighted by Crippen LogP contribution is -2.40. The topological polar surface area (TPSA) is 38.5 Å². The molecule has 112 valence electrons. The first-order chi connectivity index (χ1) is 9.77. The molecule has 0 amide bonds. The number of nitrogens with zero attached hydrogens (tertiary/aromatic N) is 1. The molecule has 1 aromatic carbocycles. The van der Waals surface area contributed by atoms with Crippen molar-refractivity contribution in [2.24, 2.45) is 5.73 Å². The molecule has 2 rings (SSSR count). The minimum Gasteiger partial charge on any atom is -0.380 e. The van der Waals surface area contributed by atoms with Crippen LogP contribution in [0.2, 0.25) is 0 Å². The van der Waals surface area contributed by atoms with Gasteiger partial charge in [0.1, 0.15) is 0 Å². The fraction of sp³-hybridized carbons (Fsp3) is 0.647. The van der Waals surface area contributed by atoms with Gasteiger partial charge in [-0.25, -0.2) is 0 Å². The number of hydrogen-bond donors (Lipinski definition) is 1. The van der Waals surface area contributed by atoms with Crippen LogP contribution in [-0.4, -0.2) is 31.1 Å². The molecule has 20 heavy (non-hydrogen) atoms. The van der Waals surface area contributed by atoms with E-state index in [4.69, 9.17) is 10.5 Å². The molecule has 2 unspecified atom stereocenters. The van der Waals surface area contributed by atoms with Crippen molar-refractivity contribution in [2.45, 2.75) is 51.3 Å². The minimum atomic E-state index is 0.224. The van der Waals surface area contributed by atoms with Gasteiger partial charge in [-0.1, -0.05) is 37.6 Å². The van der Waals surface area contributed by atoms with E-state index in [1.165, 1.54) is 30.4 Å². The second-order valence-electron chi connectivity index (χ2n) is 5.77. The smallest absolute Gasteiger partial charge is 0.0716 e. The zero-order chi connectivity index (χ0) is 14.4. The molecule has 0 saturated carbocycles. The summed E-state index contributed by atoms with van der Waals surface area (Å²) in [4.78, 5) is 2.58. The molecule has 3 nitrogen and oxygen atoms in total. The van der Waals surface area contributed by atoms with Crippen molar-refractivity contribution >= 4 is 0 Å². The van der Waals surface area contributed by atoms with Crippen molar-refractivity contribution in [3.63, 3.8) is 0 Å². The Kier molecular flexibility index (Phi) is 6.02. The van der Waals surface area contributed by atoms with Crippen LogP contribution in [0.15, 0.2) is 24.3 Å². The highest BCUT2D eigenvalue weighted by Crippen LogP contribution is 2.31. The van der Waals surface area contributed by atoms with Gasteiger partial charge in [0.15, 0.2) is 0 Å². The maximum Gasteiger partial charge on any atom is 0.0716 e. The predicted molar refractivity (Wildman–Crippen MR) is 83.6 cm³/mol. The van der Waals surface area contributed by atoms with Gasteiger partial charge in [-0.2, -0.15) is 0 Å². The van der Waals surface area contributed by atoms with Crippen molar-refractivity contribution in [3.8, 4) is 0 Å². The number of benzene rings is 1. The molecule has 1 aliphatic rings. The van der Waals surface area contributed by atoms with Crippen molar-refractivity contribution < 1.29 is 4.74 Å². The summed E-state index contributed by atoms with van der Waals surface area (Å²) < 4.78 is 5.36. The fourth-order valence-corrected chi connectivity index (χ4v) is 3.34. The number of hydrogen-bond acceptors (Lipinski definition) is 3. The summed E-state index contributed by atoms with van der Waals surface area (Å²) in [7, 11) is 1.76. The van der Waals surface area contributed by atoms with E-state index in [9.17, 15) is 0 Å². The highest BCUT2D eigenvalue weighted by Gasteiger charge is 2.29. The van der Waals surface area contributed by atoms with Gasteiger partial charge in [0.2, 0.25) is 0 Å². The molecule has 0 radical (unpaired) electrons. The van der Waals surface area contributed by atoms with Gasteiger partial charge in [-0.15, -0.1) is 0 Å². The van der Waals surface area contributed by atoms with Gasteiger partial charge < -0.3 is 10.5 Å². The molecule has 0 bridgehead atoms. The molecule has 1 saturated heterocycles. The van der Waals surface area contributed by atoms with Crippen molar-refractivity contribution in [1.29, 1.82) is 0 Å². The van der Waals surface area contributed by atoms with Crippen LogP contribution in [0, 0.1) is 0 Å². The third-order valence-electron chi connectivity index (χ3n) is 4.22. The van der Waals surface area contributed by atoms with Gasteiger partial charge in [0.25, 0.3) is 0 Å². The number of nitrogens with two attached hydrogens (primary N) is 1. The average Bonchev–Trinajstić information content (AvgIpc) is 2.62. The van der Waals surface area contributed by atoms with E-state index in [2.05, 4.69) is 36.1 Å². The van der Waals surface area contributed by atoms with Crippen LogP contribution in [0.3, 0.4) is 0 Å². The van der Waals surface area contributed by atoms with Crippen LogP contribution in [-0.2, 0) is 11.3 Å². The Labute approximate surface area is 123 Å². The summed E-state index contributed by atoms with van der Waals surface area (Å²) in [6.45, 7) is 5.20. The Morgan fingerprint density at radius 1 is 1.30 bits per heavy atom. The minimum absolute atomic E-state index is 0.224. The SMILES string of the molecule is CCCN1CCCCC(N)C1c1ccccc1COC. The molecule has 2 atom stereocenters. The summed E-state index contributed by atoms with van der Waals surface area (Å²) in [5.41, 5.74) is 9.15. The van der Waals surface area contributed by atoms with E-state index < -0.39 is 0 Å². The molecule has 0 aromatic heterocycles. The van der Waals surface area contributed by atoms with Crippen LogP contribution >= 0.6 is 0 Å². The highest BCUT2D eigenvalue weighted by atomic mass is 16.5. The number of rotatable bonds is 5. The van der Waals surface area contributed by atoms with E-state index in [0.29, 0.717) is 12.6 Å². The Morgan fingerprint density at radius 2 is 2.10 bits per heavy atom. The molecular formula is C17H28N2O. The third-order valence-corrected chi connectivity index (χ3v) is 4.22. The monoisotopic (exact) mass is 276 g/mol. The standard InChI is InChI=1S/C17H28N2O/c1-3-11-19-12-7-6-10-16(18)17(19)15-9-5-4-8-14(15)13-20-2/h4-5,8-9,16-17H,3,6-7,10-13,18H2,1-2H3. The normalized spacial score (nSPS) is 24.6. The van der Waals surface area contributed by atoms with Crippen molar-refractivity contribution in [2.75, 3.05) is 20.2 Å². The quantitative estimate of drug-likeness (QED) is 0.898. The Morgan fingerprint density at radius 3 is 2.85 bits per heavy atom. The van der Waals surface area contributed by atoms with Crippen LogP contribution in [0.5, 0.6) is 0 Å². The van der Waals surface area contributed by atoms with Crippen molar-refractivity contribution in [1.82, 2.24) is 4.90 Å². The lowest BCUT2D eigenvalue weighted by molar-refractivity contribution is 0.168. The summed E-state index contributed by atoms with van der Waals surface area (Å²) in [5.74, 6) is 0. The van der Waals surface area contributed by atoms with Crippen LogP contribution in [0.1, 0.15) is 49.8 Å². The Bertz CT molecular complexity index is 408. The van der Waals surface area contributed by atoms with E-state index in [1.54, 1.807) is 7.11 Å². The van der Waals surface area contributed by atoms with E-state index in [1.807, 2.05) is 0 Å². The lowest BCUT2D eigenvalue weighted by Gasteiger charge is -2.34. The second-order valence-corrected chi connectivity index (χ2v) is 5.77. The Hall–Kier alpha value is -0.900. The summed E-state index contributed by atoms with van der Waals surface area (Å²) in [6, 6.07) is 9.17. The first-order valence-electron chi connectivity index (χ1n) is 7.84. The number of ether oxygens (including phenoxy) is 1. The molecular weight excluding hydrogens is 248 g/mol. The molecule has 3 heteroatoms. The van der Waals surface area contributed by atoms with Gasteiger partial charge in [0.05, 0.1) is 12.6 Å². The maximum atomic E-state index is 6.51. The van der Waals surface area contributed by atoms with Gasteiger partial charge in [-0.05, 0) is 43.5 Å². The van der Waals surface area contributed by atoms with E-state index >= 15 is 0 Å². The predicted octanol–water partition coefficient (Wildman–Crippen LogP) is 3.10. The molecule has 1 heterocycles. The maximum absolute atomic E-state index is 6.51. The summed E-state index contributed by atoms with van der Waals surface area (Å²) >= 11 is 0. The molecule has 1 fully saturated rings. The fourth-order valence-electron chi connectivity index (χ4n) is 3.34. The third kappa shape index (κ3) is 3.60. The van der Waals surface area contributed by atoms with Crippen LogP contribution in [0.4, 0.5) is 0 Å². The van der Waals surface area contributed by atoms with Gasteiger partial charge in [-0.3, -0.25) is 4.90 Å². The summed E-state index contributed by atoms with van der Waals surface area (Å²) in [6.07, 6.45) is 4.79. The molecule has 0 spiro atoms. The Balaban J connectivity index is 2.33.